The van der Waals surface area contributed by atoms with E-state index in [4.69, 9.17) is 9.84 Å². The summed E-state index contributed by atoms with van der Waals surface area (Å²) in [6, 6.07) is 14.0. The summed E-state index contributed by atoms with van der Waals surface area (Å²) in [5.74, 6) is 1.56. The van der Waals surface area contributed by atoms with E-state index in [0.717, 1.165) is 48.8 Å². The molecule has 0 unspecified atom stereocenters. The number of nitrogens with zero attached hydrogens (tertiary/aromatic N) is 5. The molecule has 1 aromatic carbocycles. The molecule has 1 N–H and O–H groups in total. The quantitative estimate of drug-likeness (QED) is 0.737. The van der Waals surface area contributed by atoms with E-state index in [1.807, 2.05) is 42.5 Å². The van der Waals surface area contributed by atoms with Gasteiger partial charge in [-0.15, -0.1) is 15.3 Å². The molecule has 0 radical (unpaired) electrons. The number of nitrogens with one attached hydrogen (secondary N) is 1. The number of amides is 1. The Morgan fingerprint density at radius 2 is 1.93 bits per heavy atom. The Morgan fingerprint density at radius 3 is 2.67 bits per heavy atom. The molecular formula is C19H22N6O2. The third-order valence-electron chi connectivity index (χ3n) is 4.74. The molecule has 0 atom stereocenters. The van der Waals surface area contributed by atoms with Crippen molar-refractivity contribution in [1.29, 1.82) is 0 Å². The van der Waals surface area contributed by atoms with Crippen LogP contribution in [-0.4, -0.2) is 58.6 Å². The number of piperidine rings is 1. The molecule has 8 nitrogen and oxygen atoms in total. The molecule has 3 heterocycles. The van der Waals surface area contributed by atoms with Gasteiger partial charge in [-0.3, -0.25) is 4.79 Å². The summed E-state index contributed by atoms with van der Waals surface area (Å²) in [7, 11) is 1.53. The molecule has 0 aliphatic carbocycles. The van der Waals surface area contributed by atoms with Crippen LogP contribution in [0.1, 0.15) is 12.8 Å². The van der Waals surface area contributed by atoms with E-state index in [1.54, 1.807) is 4.52 Å². The number of ether oxygens (including phenoxy) is 1. The second-order valence-corrected chi connectivity index (χ2v) is 6.61. The minimum Gasteiger partial charge on any atom is -0.375 e. The second kappa shape index (κ2) is 7.71. The Bertz CT molecular complexity index is 918. The minimum atomic E-state index is -0.0625. The summed E-state index contributed by atoms with van der Waals surface area (Å²) < 4.78 is 6.66. The number of anilines is 1. The van der Waals surface area contributed by atoms with Crippen LogP contribution >= 0.6 is 0 Å². The number of fused-ring (bicyclic) bond motifs is 1. The highest BCUT2D eigenvalue weighted by atomic mass is 16.5. The fourth-order valence-corrected chi connectivity index (χ4v) is 3.37. The van der Waals surface area contributed by atoms with Gasteiger partial charge >= 0.3 is 0 Å². The molecule has 0 spiro atoms. The van der Waals surface area contributed by atoms with E-state index < -0.39 is 0 Å². The zero-order valence-electron chi connectivity index (χ0n) is 15.2. The van der Waals surface area contributed by atoms with Crippen molar-refractivity contribution in [2.45, 2.75) is 18.9 Å². The molecule has 1 fully saturated rings. The van der Waals surface area contributed by atoms with Crippen LogP contribution in [0.4, 0.5) is 5.82 Å². The zero-order valence-corrected chi connectivity index (χ0v) is 15.2. The fourth-order valence-electron chi connectivity index (χ4n) is 3.37. The van der Waals surface area contributed by atoms with Crippen LogP contribution in [0.3, 0.4) is 0 Å². The van der Waals surface area contributed by atoms with Gasteiger partial charge in [0.2, 0.25) is 5.91 Å². The van der Waals surface area contributed by atoms with Crippen LogP contribution in [0, 0.1) is 0 Å². The average Bonchev–Trinajstić information content (AvgIpc) is 3.12. The number of benzene rings is 1. The highest BCUT2D eigenvalue weighted by Gasteiger charge is 2.22. The SMILES string of the molecule is COCC(=O)NC1CCN(c2ccc3nnc(-c4ccccc4)n3n2)CC1. The largest absolute Gasteiger partial charge is 0.375 e. The van der Waals surface area contributed by atoms with E-state index >= 15 is 0 Å². The van der Waals surface area contributed by atoms with E-state index in [2.05, 4.69) is 20.4 Å². The number of rotatable bonds is 5. The molecule has 3 aromatic rings. The first-order chi connectivity index (χ1) is 13.2. The lowest BCUT2D eigenvalue weighted by molar-refractivity contribution is -0.125. The molecule has 1 aliphatic heterocycles. The van der Waals surface area contributed by atoms with Crippen LogP contribution in [0.5, 0.6) is 0 Å². The van der Waals surface area contributed by atoms with Crippen molar-refractivity contribution in [3.8, 4) is 11.4 Å². The van der Waals surface area contributed by atoms with Gasteiger partial charge in [0.15, 0.2) is 11.5 Å². The van der Waals surface area contributed by atoms with Gasteiger partial charge in [0.25, 0.3) is 0 Å². The molecule has 0 bridgehead atoms. The van der Waals surface area contributed by atoms with Crippen molar-refractivity contribution in [3.05, 3.63) is 42.5 Å². The maximum atomic E-state index is 11.7. The number of carbonyl (C=O) groups is 1. The van der Waals surface area contributed by atoms with Crippen molar-refractivity contribution >= 4 is 17.4 Å². The number of aromatic nitrogens is 4. The maximum absolute atomic E-state index is 11.7. The van der Waals surface area contributed by atoms with Crippen molar-refractivity contribution in [3.63, 3.8) is 0 Å². The molecule has 2 aromatic heterocycles. The Kier molecular flexibility index (Phi) is 4.97. The Morgan fingerprint density at radius 1 is 1.15 bits per heavy atom. The topological polar surface area (TPSA) is 84.6 Å². The Labute approximate surface area is 157 Å². The van der Waals surface area contributed by atoms with Crippen LogP contribution in [0.25, 0.3) is 17.0 Å². The van der Waals surface area contributed by atoms with E-state index in [0.29, 0.717) is 0 Å². The van der Waals surface area contributed by atoms with Crippen molar-refractivity contribution in [1.82, 2.24) is 25.1 Å². The van der Waals surface area contributed by atoms with Crippen molar-refractivity contribution in [2.75, 3.05) is 31.7 Å². The lowest BCUT2D eigenvalue weighted by Gasteiger charge is -2.33. The summed E-state index contributed by atoms with van der Waals surface area (Å²) in [4.78, 5) is 13.9. The molecule has 140 valence electrons. The normalized spacial score (nSPS) is 15.2. The van der Waals surface area contributed by atoms with Gasteiger partial charge in [0.05, 0.1) is 0 Å². The predicted octanol–water partition coefficient (Wildman–Crippen LogP) is 1.52. The first-order valence-electron chi connectivity index (χ1n) is 9.06. The van der Waals surface area contributed by atoms with Gasteiger partial charge in [-0.05, 0) is 25.0 Å². The fraction of sp³-hybridized carbons (Fsp3) is 0.368. The average molecular weight is 366 g/mol. The van der Waals surface area contributed by atoms with Crippen LogP contribution in [-0.2, 0) is 9.53 Å². The number of methoxy groups -OCH3 is 1. The number of hydrogen-bond acceptors (Lipinski definition) is 6. The smallest absolute Gasteiger partial charge is 0.246 e. The van der Waals surface area contributed by atoms with Gasteiger partial charge in [0.1, 0.15) is 12.4 Å². The third kappa shape index (κ3) is 3.75. The van der Waals surface area contributed by atoms with Gasteiger partial charge in [-0.25, -0.2) is 0 Å². The highest BCUT2D eigenvalue weighted by Crippen LogP contribution is 2.21. The number of hydrogen-bond donors (Lipinski definition) is 1. The first kappa shape index (κ1) is 17.4. The molecule has 1 saturated heterocycles. The zero-order chi connectivity index (χ0) is 18.6. The van der Waals surface area contributed by atoms with Crippen LogP contribution in [0.15, 0.2) is 42.5 Å². The Balaban J connectivity index is 1.49. The van der Waals surface area contributed by atoms with Crippen LogP contribution in [0.2, 0.25) is 0 Å². The summed E-state index contributed by atoms with van der Waals surface area (Å²) in [6.45, 7) is 1.77. The number of carbonyl (C=O) groups excluding carboxylic acids is 1. The standard InChI is InChI=1S/C19H22N6O2/c1-27-13-18(26)20-15-9-11-24(12-10-15)17-8-7-16-21-22-19(25(16)23-17)14-5-3-2-4-6-14/h2-8,15H,9-13H2,1H3,(H,20,26). The molecule has 8 heteroatoms. The predicted molar refractivity (Wildman–Crippen MR) is 101 cm³/mol. The van der Waals surface area contributed by atoms with Crippen molar-refractivity contribution in [2.24, 2.45) is 0 Å². The monoisotopic (exact) mass is 366 g/mol. The van der Waals surface area contributed by atoms with Gasteiger partial charge in [-0.1, -0.05) is 30.3 Å². The lowest BCUT2D eigenvalue weighted by atomic mass is 10.1. The van der Waals surface area contributed by atoms with E-state index in [-0.39, 0.29) is 18.6 Å². The molecule has 1 aliphatic rings. The minimum absolute atomic E-state index is 0.0625. The molecule has 1 amide bonds. The first-order valence-corrected chi connectivity index (χ1v) is 9.06. The Hall–Kier alpha value is -3.00. The maximum Gasteiger partial charge on any atom is 0.246 e. The summed E-state index contributed by atoms with van der Waals surface area (Å²) in [5, 5.41) is 16.3. The summed E-state index contributed by atoms with van der Waals surface area (Å²) >= 11 is 0. The van der Waals surface area contributed by atoms with E-state index in [1.165, 1.54) is 7.11 Å². The lowest BCUT2D eigenvalue weighted by Crippen LogP contribution is -2.45. The highest BCUT2D eigenvalue weighted by molar-refractivity contribution is 5.77. The summed E-state index contributed by atoms with van der Waals surface area (Å²) in [6.07, 6.45) is 1.76. The van der Waals surface area contributed by atoms with Crippen molar-refractivity contribution < 1.29 is 9.53 Å². The molecule has 27 heavy (non-hydrogen) atoms. The van der Waals surface area contributed by atoms with Gasteiger partial charge in [-0.2, -0.15) is 4.52 Å². The third-order valence-corrected chi connectivity index (χ3v) is 4.74. The molecule has 4 rings (SSSR count). The second-order valence-electron chi connectivity index (χ2n) is 6.61. The van der Waals surface area contributed by atoms with Crippen LogP contribution < -0.4 is 10.2 Å². The van der Waals surface area contributed by atoms with Gasteiger partial charge < -0.3 is 15.0 Å². The molecular weight excluding hydrogens is 344 g/mol. The molecule has 0 saturated carbocycles. The van der Waals surface area contributed by atoms with E-state index in [9.17, 15) is 4.79 Å². The van der Waals surface area contributed by atoms with Gasteiger partial charge in [0, 0.05) is 31.8 Å². The summed E-state index contributed by atoms with van der Waals surface area (Å²) in [5.41, 5.74) is 1.70.